The predicted molar refractivity (Wildman–Crippen MR) is 130 cm³/mol. The van der Waals surface area contributed by atoms with Crippen LogP contribution in [0.15, 0.2) is 43.1 Å². The maximum atomic E-state index is 13.1. The quantitative estimate of drug-likeness (QED) is 0.272. The van der Waals surface area contributed by atoms with Gasteiger partial charge in [0, 0.05) is 31.2 Å². The number of halogens is 4. The number of amides is 1. The number of rotatable bonds is 6. The second-order valence-corrected chi connectivity index (χ2v) is 8.98. The number of carbonyl (C=O) groups excluding carboxylic acids is 1. The van der Waals surface area contributed by atoms with Crippen molar-refractivity contribution in [1.82, 2.24) is 34.8 Å². The number of ether oxygens (including phenoxy) is 1. The average molecular weight is 565 g/mol. The number of hydrogen-bond donors (Lipinski definition) is 4. The van der Waals surface area contributed by atoms with Crippen molar-refractivity contribution in [2.45, 2.75) is 37.3 Å². The van der Waals surface area contributed by atoms with Crippen molar-refractivity contribution < 1.29 is 32.9 Å². The van der Waals surface area contributed by atoms with Crippen LogP contribution < -0.4 is 10.6 Å². The molecule has 0 aliphatic carbocycles. The topological polar surface area (TPSA) is 160 Å². The molecular weight excluding hydrogens is 545 g/mol. The molecule has 5 rings (SSSR count). The molecule has 3 unspecified atom stereocenters. The summed E-state index contributed by atoms with van der Waals surface area (Å²) in [6.07, 6.45) is -4.98. The van der Waals surface area contributed by atoms with E-state index in [9.17, 15) is 28.2 Å². The van der Waals surface area contributed by atoms with Crippen LogP contribution in [-0.4, -0.2) is 71.0 Å². The third-order valence-corrected chi connectivity index (χ3v) is 6.19. The van der Waals surface area contributed by atoms with E-state index in [2.05, 4.69) is 35.6 Å². The number of fused-ring (bicyclic) bond motifs is 1. The Morgan fingerprint density at radius 2 is 1.97 bits per heavy atom. The lowest BCUT2D eigenvalue weighted by molar-refractivity contribution is -0.138. The van der Waals surface area contributed by atoms with Gasteiger partial charge in [-0.15, -0.1) is 0 Å². The summed E-state index contributed by atoms with van der Waals surface area (Å²) in [4.78, 5) is 33.4. The third kappa shape index (κ3) is 5.21. The molecule has 12 nitrogen and oxygen atoms in total. The maximum absolute atomic E-state index is 13.1. The van der Waals surface area contributed by atoms with E-state index in [0.29, 0.717) is 10.6 Å². The molecule has 1 aliphatic rings. The van der Waals surface area contributed by atoms with Gasteiger partial charge in [0.2, 0.25) is 0 Å². The third-order valence-electron chi connectivity index (χ3n) is 5.98. The van der Waals surface area contributed by atoms with Crippen LogP contribution in [-0.2, 0) is 22.3 Å². The number of anilines is 1. The molecule has 0 bridgehead atoms. The summed E-state index contributed by atoms with van der Waals surface area (Å²) in [7, 11) is 1.36. The van der Waals surface area contributed by atoms with Crippen molar-refractivity contribution in [2.24, 2.45) is 0 Å². The van der Waals surface area contributed by atoms with E-state index in [1.807, 2.05) is 0 Å². The van der Waals surface area contributed by atoms with E-state index in [-0.39, 0.29) is 35.0 Å². The molecule has 4 aromatic rings. The molecule has 0 spiro atoms. The lowest BCUT2D eigenvalue weighted by Crippen LogP contribution is -2.41. The van der Waals surface area contributed by atoms with Crippen LogP contribution in [0.2, 0.25) is 5.02 Å². The van der Waals surface area contributed by atoms with E-state index < -0.39 is 42.2 Å². The summed E-state index contributed by atoms with van der Waals surface area (Å²) in [5.41, 5.74) is -0.0435. The zero-order valence-electron chi connectivity index (χ0n) is 20.0. The van der Waals surface area contributed by atoms with Gasteiger partial charge < -0.3 is 25.6 Å². The van der Waals surface area contributed by atoms with Gasteiger partial charge in [-0.1, -0.05) is 11.6 Å². The van der Waals surface area contributed by atoms with Gasteiger partial charge in [-0.05, 0) is 18.2 Å². The molecule has 0 radical (unpaired) electrons. The molecule has 1 aliphatic heterocycles. The van der Waals surface area contributed by atoms with Gasteiger partial charge in [-0.2, -0.15) is 13.2 Å². The zero-order valence-corrected chi connectivity index (χ0v) is 20.7. The molecule has 4 aromatic heterocycles. The number of carbonyl (C=O) groups is 1. The summed E-state index contributed by atoms with van der Waals surface area (Å²) >= 11 is 6.08. The highest BCUT2D eigenvalue weighted by molar-refractivity contribution is 6.30. The van der Waals surface area contributed by atoms with Crippen molar-refractivity contribution in [3.05, 3.63) is 59.4 Å². The van der Waals surface area contributed by atoms with Gasteiger partial charge in [0.25, 0.3) is 5.91 Å². The smallest absolute Gasteiger partial charge is 0.387 e. The molecule has 4 atom stereocenters. The molecule has 1 amide bonds. The van der Waals surface area contributed by atoms with Crippen molar-refractivity contribution in [3.8, 4) is 11.4 Å². The molecule has 4 N–H and O–H groups in total. The van der Waals surface area contributed by atoms with Crippen molar-refractivity contribution in [1.29, 1.82) is 0 Å². The summed E-state index contributed by atoms with van der Waals surface area (Å²) in [6.45, 7) is -0.143. The first-order valence-corrected chi connectivity index (χ1v) is 11.8. The van der Waals surface area contributed by atoms with E-state index in [1.54, 1.807) is 6.07 Å². The highest BCUT2D eigenvalue weighted by Gasteiger charge is 2.47. The Morgan fingerprint density at radius 1 is 1.18 bits per heavy atom. The van der Waals surface area contributed by atoms with E-state index in [4.69, 9.17) is 16.3 Å². The highest BCUT2D eigenvalue weighted by atomic mass is 35.5. The number of imidazole rings is 1. The SMILES string of the molecule is CNC(=O)[C@@H]1OC(n2cnc3c(NCc4cc(C(F)(F)F)ccn4)nc(-c4cncc(Cl)c4)nc32)C(O)C1O. The minimum atomic E-state index is -4.54. The van der Waals surface area contributed by atoms with Gasteiger partial charge in [0.1, 0.15) is 12.2 Å². The number of aliphatic hydroxyl groups is 2. The lowest BCUT2D eigenvalue weighted by Gasteiger charge is -2.17. The van der Waals surface area contributed by atoms with Crippen LogP contribution in [0.3, 0.4) is 0 Å². The fourth-order valence-electron chi connectivity index (χ4n) is 4.06. The van der Waals surface area contributed by atoms with E-state index >= 15 is 0 Å². The molecule has 1 fully saturated rings. The standard InChI is InChI=1S/C23H20ClF3N8O4/c1-28-21(38)17-15(36)16(37)22(39-17)35-9-32-14-19(31-8-13-5-11(2-3-30-13)23(25,26)27)33-18(34-20(14)35)10-4-12(24)7-29-6-10/h2-7,9,15-17,22,36-37H,8H2,1H3,(H,28,38)(H,31,33,34)/t15?,16?,17-,22?/m1/s1. The second kappa shape index (κ2) is 10.3. The van der Waals surface area contributed by atoms with Crippen molar-refractivity contribution in [3.63, 3.8) is 0 Å². The fraction of sp³-hybridized carbons (Fsp3) is 0.304. The van der Waals surface area contributed by atoms with Crippen molar-refractivity contribution >= 4 is 34.5 Å². The Labute approximate surface area is 222 Å². The van der Waals surface area contributed by atoms with Crippen LogP contribution in [0.5, 0.6) is 0 Å². The zero-order chi connectivity index (χ0) is 27.9. The Morgan fingerprint density at radius 3 is 2.69 bits per heavy atom. The van der Waals surface area contributed by atoms with Crippen LogP contribution in [0.4, 0.5) is 19.0 Å². The largest absolute Gasteiger partial charge is 0.416 e. The normalized spacial score (nSPS) is 21.3. The maximum Gasteiger partial charge on any atom is 0.416 e. The van der Waals surface area contributed by atoms with Gasteiger partial charge in [0.05, 0.1) is 29.2 Å². The van der Waals surface area contributed by atoms with Gasteiger partial charge >= 0.3 is 6.18 Å². The summed E-state index contributed by atoms with van der Waals surface area (Å²) < 4.78 is 46.4. The minimum Gasteiger partial charge on any atom is -0.387 e. The van der Waals surface area contributed by atoms with E-state index in [0.717, 1.165) is 18.3 Å². The number of hydrogen-bond acceptors (Lipinski definition) is 10. The number of pyridine rings is 2. The Balaban J connectivity index is 1.56. The van der Waals surface area contributed by atoms with Crippen LogP contribution in [0.25, 0.3) is 22.6 Å². The van der Waals surface area contributed by atoms with Crippen LogP contribution in [0.1, 0.15) is 17.5 Å². The summed E-state index contributed by atoms with van der Waals surface area (Å²) in [6, 6.07) is 3.33. The number of alkyl halides is 3. The first kappa shape index (κ1) is 26.7. The molecular formula is C23H20ClF3N8O4. The first-order valence-electron chi connectivity index (χ1n) is 11.4. The molecule has 0 aromatic carbocycles. The second-order valence-electron chi connectivity index (χ2n) is 8.54. The Hall–Kier alpha value is -3.92. The van der Waals surface area contributed by atoms with Gasteiger partial charge in [-0.3, -0.25) is 19.3 Å². The average Bonchev–Trinajstić information content (AvgIpc) is 3.47. The number of aromatic nitrogens is 6. The molecule has 5 heterocycles. The first-order chi connectivity index (χ1) is 18.6. The van der Waals surface area contributed by atoms with Gasteiger partial charge in [0.15, 0.2) is 35.1 Å². The number of aliphatic hydroxyl groups excluding tert-OH is 2. The van der Waals surface area contributed by atoms with E-state index in [1.165, 1.54) is 30.3 Å². The summed E-state index contributed by atoms with van der Waals surface area (Å²) in [5, 5.41) is 26.6. The molecule has 39 heavy (non-hydrogen) atoms. The molecule has 1 saturated heterocycles. The monoisotopic (exact) mass is 564 g/mol. The highest BCUT2D eigenvalue weighted by Crippen LogP contribution is 2.34. The minimum absolute atomic E-state index is 0.0908. The summed E-state index contributed by atoms with van der Waals surface area (Å²) in [5.74, 6) is -0.386. The Kier molecular flexibility index (Phi) is 7.07. The fourth-order valence-corrected chi connectivity index (χ4v) is 4.24. The number of likely N-dealkylation sites (N-methyl/N-ethyl adjacent to an activating group) is 1. The Bertz CT molecular complexity index is 1540. The van der Waals surface area contributed by atoms with Crippen LogP contribution in [0, 0.1) is 0 Å². The molecule has 0 saturated carbocycles. The van der Waals surface area contributed by atoms with Crippen LogP contribution >= 0.6 is 11.6 Å². The predicted octanol–water partition coefficient (Wildman–Crippen LogP) is 1.93. The number of nitrogens with one attached hydrogen (secondary N) is 2. The molecule has 16 heteroatoms. The van der Waals surface area contributed by atoms with Gasteiger partial charge in [-0.25, -0.2) is 15.0 Å². The number of nitrogens with zero attached hydrogens (tertiary/aromatic N) is 6. The lowest BCUT2D eigenvalue weighted by atomic mass is 10.1. The van der Waals surface area contributed by atoms with Crippen molar-refractivity contribution in [2.75, 3.05) is 12.4 Å². The molecule has 204 valence electrons.